The van der Waals surface area contributed by atoms with Crippen molar-refractivity contribution in [2.75, 3.05) is 12.3 Å². The van der Waals surface area contributed by atoms with Crippen LogP contribution < -0.4 is 10.0 Å². The monoisotopic (exact) mass is 384 g/mol. The van der Waals surface area contributed by atoms with E-state index in [1.807, 2.05) is 0 Å². The average Bonchev–Trinajstić information content (AvgIpc) is 3.21. The van der Waals surface area contributed by atoms with E-state index in [1.165, 1.54) is 23.9 Å². The molecule has 4 nitrogen and oxygen atoms in total. The summed E-state index contributed by atoms with van der Waals surface area (Å²) in [5, 5.41) is 3.65. The molecule has 1 saturated carbocycles. The van der Waals surface area contributed by atoms with Gasteiger partial charge in [0.2, 0.25) is 10.0 Å². The van der Waals surface area contributed by atoms with E-state index in [0.29, 0.717) is 21.1 Å². The zero-order valence-electron chi connectivity index (χ0n) is 10.9. The lowest BCUT2D eigenvalue weighted by Gasteiger charge is -2.09. The highest BCUT2D eigenvalue weighted by atomic mass is 35.5. The van der Waals surface area contributed by atoms with Gasteiger partial charge in [0.15, 0.2) is 0 Å². The Hall–Kier alpha value is -0.0500. The first-order valence-corrected chi connectivity index (χ1v) is 9.90. The molecule has 0 amide bonds. The summed E-state index contributed by atoms with van der Waals surface area (Å²) in [6.45, 7) is 0.266. The van der Waals surface area contributed by atoms with E-state index in [-0.39, 0.29) is 16.5 Å². The fraction of sp³-hybridized carbons (Fsp3) is 0.417. The SMILES string of the molecule is O=S(=O)(NCCSC(=S)NC1CC1)c1cc(Cl)ccc1Cl. The minimum absolute atomic E-state index is 0.0136. The van der Waals surface area contributed by atoms with Crippen molar-refractivity contribution in [3.8, 4) is 0 Å². The van der Waals surface area contributed by atoms with Crippen molar-refractivity contribution >= 4 is 61.5 Å². The van der Waals surface area contributed by atoms with E-state index in [1.54, 1.807) is 6.07 Å². The molecule has 0 heterocycles. The molecular weight excluding hydrogens is 371 g/mol. The Kier molecular flexibility index (Phi) is 6.16. The van der Waals surface area contributed by atoms with Gasteiger partial charge in [-0.3, -0.25) is 0 Å². The Morgan fingerprint density at radius 2 is 2.10 bits per heavy atom. The molecule has 1 fully saturated rings. The van der Waals surface area contributed by atoms with E-state index >= 15 is 0 Å². The number of hydrogen-bond donors (Lipinski definition) is 2. The molecule has 116 valence electrons. The zero-order chi connectivity index (χ0) is 15.5. The van der Waals surface area contributed by atoms with Crippen LogP contribution in [0.1, 0.15) is 12.8 Å². The fourth-order valence-corrected chi connectivity index (χ4v) is 4.49. The van der Waals surface area contributed by atoms with Crippen LogP contribution in [0.15, 0.2) is 23.1 Å². The number of hydrogen-bond acceptors (Lipinski definition) is 4. The molecule has 0 radical (unpaired) electrons. The Balaban J connectivity index is 1.83. The molecule has 0 saturated heterocycles. The number of rotatable bonds is 6. The highest BCUT2D eigenvalue weighted by Crippen LogP contribution is 2.24. The quantitative estimate of drug-likeness (QED) is 0.582. The third-order valence-electron chi connectivity index (χ3n) is 2.71. The van der Waals surface area contributed by atoms with Gasteiger partial charge >= 0.3 is 0 Å². The molecule has 21 heavy (non-hydrogen) atoms. The largest absolute Gasteiger partial charge is 0.368 e. The van der Waals surface area contributed by atoms with Gasteiger partial charge in [-0.15, -0.1) is 0 Å². The topological polar surface area (TPSA) is 58.2 Å². The summed E-state index contributed by atoms with van der Waals surface area (Å²) in [5.41, 5.74) is 0. The minimum Gasteiger partial charge on any atom is -0.368 e. The number of thioether (sulfide) groups is 1. The average molecular weight is 385 g/mol. The third kappa shape index (κ3) is 5.58. The first-order valence-electron chi connectivity index (χ1n) is 6.26. The van der Waals surface area contributed by atoms with Gasteiger partial charge in [0.05, 0.1) is 5.02 Å². The normalized spacial score (nSPS) is 15.0. The molecule has 9 heteroatoms. The lowest BCUT2D eigenvalue weighted by atomic mass is 10.4. The number of nitrogens with one attached hydrogen (secondary N) is 2. The molecule has 2 rings (SSSR count). The lowest BCUT2D eigenvalue weighted by molar-refractivity contribution is 0.584. The standard InChI is InChI=1S/C12H14Cl2N2O2S3/c13-8-1-4-10(14)11(7-8)21(17,18)15-5-6-20-12(19)16-9-2-3-9/h1,4,7,9,15H,2-3,5-6H2,(H,16,19). The molecule has 0 aromatic heterocycles. The van der Waals surface area contributed by atoms with Gasteiger partial charge in [-0.2, -0.15) is 0 Å². The van der Waals surface area contributed by atoms with Gasteiger partial charge in [-0.25, -0.2) is 13.1 Å². The predicted octanol–water partition coefficient (Wildman–Crippen LogP) is 3.04. The van der Waals surface area contributed by atoms with E-state index in [4.69, 9.17) is 35.4 Å². The zero-order valence-corrected chi connectivity index (χ0v) is 14.9. The summed E-state index contributed by atoms with van der Waals surface area (Å²) in [6, 6.07) is 4.84. The Morgan fingerprint density at radius 3 is 2.76 bits per heavy atom. The molecule has 0 spiro atoms. The van der Waals surface area contributed by atoms with Crippen molar-refractivity contribution in [3.63, 3.8) is 0 Å². The van der Waals surface area contributed by atoms with Crippen LogP contribution in [-0.2, 0) is 10.0 Å². The van der Waals surface area contributed by atoms with Gasteiger partial charge in [0.1, 0.15) is 9.22 Å². The summed E-state index contributed by atoms with van der Waals surface area (Å²) < 4.78 is 27.4. The molecule has 2 N–H and O–H groups in total. The van der Waals surface area contributed by atoms with Crippen LogP contribution in [0.2, 0.25) is 10.0 Å². The second kappa shape index (κ2) is 7.48. The highest BCUT2D eigenvalue weighted by Gasteiger charge is 2.22. The van der Waals surface area contributed by atoms with Crippen LogP contribution in [0.25, 0.3) is 0 Å². The summed E-state index contributed by atoms with van der Waals surface area (Å²) >= 11 is 18.3. The molecular formula is C12H14Cl2N2O2S3. The van der Waals surface area contributed by atoms with Crippen LogP contribution in [0, 0.1) is 0 Å². The van der Waals surface area contributed by atoms with Gasteiger partial charge in [0, 0.05) is 23.4 Å². The van der Waals surface area contributed by atoms with Crippen molar-refractivity contribution in [1.82, 2.24) is 10.0 Å². The number of thiocarbonyl (C=S) groups is 1. The van der Waals surface area contributed by atoms with Gasteiger partial charge < -0.3 is 5.32 Å². The molecule has 0 atom stereocenters. The van der Waals surface area contributed by atoms with Crippen LogP contribution in [0.3, 0.4) is 0 Å². The van der Waals surface area contributed by atoms with E-state index in [0.717, 1.165) is 12.8 Å². The summed E-state index contributed by atoms with van der Waals surface area (Å²) in [5.74, 6) is 0.552. The van der Waals surface area contributed by atoms with Crippen LogP contribution in [-0.4, -0.2) is 31.1 Å². The maximum absolute atomic E-state index is 12.1. The maximum Gasteiger partial charge on any atom is 0.242 e. The summed E-state index contributed by atoms with van der Waals surface area (Å²) in [7, 11) is -3.67. The lowest BCUT2D eigenvalue weighted by Crippen LogP contribution is -2.28. The van der Waals surface area contributed by atoms with Crippen LogP contribution >= 0.6 is 47.2 Å². The molecule has 1 aliphatic rings. The summed E-state index contributed by atoms with van der Waals surface area (Å²) in [4.78, 5) is -0.0136. The fourth-order valence-electron chi connectivity index (χ4n) is 1.52. The second-order valence-electron chi connectivity index (χ2n) is 4.53. The third-order valence-corrected chi connectivity index (χ3v) is 6.15. The molecule has 0 unspecified atom stereocenters. The number of sulfonamides is 1. The van der Waals surface area contributed by atoms with E-state index < -0.39 is 10.0 Å². The molecule has 1 aromatic carbocycles. The second-order valence-corrected chi connectivity index (χ2v) is 8.88. The first-order chi connectivity index (χ1) is 9.88. The van der Waals surface area contributed by atoms with Crippen molar-refractivity contribution in [1.29, 1.82) is 0 Å². The van der Waals surface area contributed by atoms with Crippen molar-refractivity contribution < 1.29 is 8.42 Å². The Morgan fingerprint density at radius 1 is 1.38 bits per heavy atom. The molecule has 1 aliphatic carbocycles. The molecule has 1 aromatic rings. The van der Waals surface area contributed by atoms with Crippen LogP contribution in [0.5, 0.6) is 0 Å². The highest BCUT2D eigenvalue weighted by molar-refractivity contribution is 8.23. The summed E-state index contributed by atoms with van der Waals surface area (Å²) in [6.07, 6.45) is 2.31. The van der Waals surface area contributed by atoms with Gasteiger partial charge in [0.25, 0.3) is 0 Å². The van der Waals surface area contributed by atoms with Gasteiger partial charge in [-0.1, -0.05) is 47.2 Å². The Labute approximate surface area is 144 Å². The first kappa shape index (κ1) is 17.3. The number of benzene rings is 1. The maximum atomic E-state index is 12.1. The van der Waals surface area contributed by atoms with Crippen molar-refractivity contribution in [3.05, 3.63) is 28.2 Å². The van der Waals surface area contributed by atoms with Gasteiger partial charge in [-0.05, 0) is 31.0 Å². The van der Waals surface area contributed by atoms with Crippen LogP contribution in [0.4, 0.5) is 0 Å². The van der Waals surface area contributed by atoms with E-state index in [9.17, 15) is 8.42 Å². The molecule has 0 aliphatic heterocycles. The van der Waals surface area contributed by atoms with Crippen molar-refractivity contribution in [2.45, 2.75) is 23.8 Å². The predicted molar refractivity (Wildman–Crippen MR) is 92.9 cm³/mol. The number of halogens is 2. The Bertz CT molecular complexity index is 633. The molecule has 0 bridgehead atoms. The van der Waals surface area contributed by atoms with Crippen molar-refractivity contribution in [2.24, 2.45) is 0 Å². The minimum atomic E-state index is -3.67. The smallest absolute Gasteiger partial charge is 0.242 e. The van der Waals surface area contributed by atoms with E-state index in [2.05, 4.69) is 10.0 Å².